The lowest BCUT2D eigenvalue weighted by Gasteiger charge is -2.27. The molecule has 3 rings (SSSR count). The van der Waals surface area contributed by atoms with E-state index >= 15 is 0 Å². The fourth-order valence-corrected chi connectivity index (χ4v) is 4.06. The fraction of sp³-hybridized carbons (Fsp3) is 0.400. The van der Waals surface area contributed by atoms with Crippen molar-refractivity contribution >= 4 is 27.6 Å². The van der Waals surface area contributed by atoms with Crippen LogP contribution in [0.5, 0.6) is 0 Å². The van der Waals surface area contributed by atoms with Gasteiger partial charge in [-0.05, 0) is 20.3 Å². The molecule has 116 valence electrons. The molecule has 5 nitrogen and oxygen atoms in total. The van der Waals surface area contributed by atoms with Gasteiger partial charge >= 0.3 is 0 Å². The second kappa shape index (κ2) is 5.91. The molecule has 3 aromatic rings. The van der Waals surface area contributed by atoms with E-state index in [2.05, 4.69) is 29.1 Å². The van der Waals surface area contributed by atoms with Crippen LogP contribution >= 0.6 is 22.7 Å². The first-order chi connectivity index (χ1) is 10.5. The molecule has 0 saturated heterocycles. The number of hydrogen-bond donors (Lipinski definition) is 1. The zero-order chi connectivity index (χ0) is 15.7. The Labute approximate surface area is 136 Å². The summed E-state index contributed by atoms with van der Waals surface area (Å²) >= 11 is 3.13. The first-order valence-corrected chi connectivity index (χ1v) is 8.91. The van der Waals surface area contributed by atoms with Gasteiger partial charge in [-0.1, -0.05) is 6.92 Å². The highest BCUT2D eigenvalue weighted by molar-refractivity contribution is 7.15. The van der Waals surface area contributed by atoms with Crippen LogP contribution < -0.4 is 10.9 Å². The summed E-state index contributed by atoms with van der Waals surface area (Å²) in [6, 6.07) is 1.61. The van der Waals surface area contributed by atoms with Crippen molar-refractivity contribution in [1.29, 1.82) is 0 Å². The molecule has 0 aliphatic carbocycles. The van der Waals surface area contributed by atoms with Crippen molar-refractivity contribution in [3.8, 4) is 0 Å². The molecule has 1 unspecified atom stereocenters. The maximum atomic E-state index is 12.2. The summed E-state index contributed by atoms with van der Waals surface area (Å²) in [4.78, 5) is 21.9. The first-order valence-electron chi connectivity index (χ1n) is 7.15. The number of nitrogens with zero attached hydrogens (tertiary/aromatic N) is 3. The van der Waals surface area contributed by atoms with Crippen LogP contribution in [-0.2, 0) is 12.1 Å². The number of thiazole rings is 2. The molecule has 0 spiro atoms. The summed E-state index contributed by atoms with van der Waals surface area (Å²) in [7, 11) is 0. The van der Waals surface area contributed by atoms with Gasteiger partial charge in [0.1, 0.15) is 5.01 Å². The van der Waals surface area contributed by atoms with Crippen LogP contribution in [0.4, 0.5) is 0 Å². The zero-order valence-corrected chi connectivity index (χ0v) is 14.4. The summed E-state index contributed by atoms with van der Waals surface area (Å²) < 4.78 is 1.65. The van der Waals surface area contributed by atoms with E-state index in [4.69, 9.17) is 0 Å². The molecule has 0 radical (unpaired) electrons. The predicted octanol–water partition coefficient (Wildman–Crippen LogP) is 2.94. The van der Waals surface area contributed by atoms with Gasteiger partial charge in [-0.2, -0.15) is 0 Å². The van der Waals surface area contributed by atoms with Crippen molar-refractivity contribution in [2.24, 2.45) is 0 Å². The van der Waals surface area contributed by atoms with Crippen LogP contribution in [0, 0.1) is 6.92 Å². The average molecular weight is 334 g/mol. The lowest BCUT2D eigenvalue weighted by atomic mass is 10.00. The van der Waals surface area contributed by atoms with Crippen molar-refractivity contribution in [2.45, 2.75) is 39.3 Å². The number of aryl methyl sites for hydroxylation is 1. The Kier molecular flexibility index (Phi) is 4.12. The lowest BCUT2D eigenvalue weighted by molar-refractivity contribution is 0.347. The third-order valence-corrected chi connectivity index (χ3v) is 5.88. The Hall–Kier alpha value is -1.57. The van der Waals surface area contributed by atoms with E-state index in [-0.39, 0.29) is 11.1 Å². The first kappa shape index (κ1) is 15.3. The normalized spacial score (nSPS) is 14.3. The molecule has 0 saturated carbocycles. The molecule has 0 aromatic carbocycles. The maximum absolute atomic E-state index is 12.2. The lowest BCUT2D eigenvalue weighted by Crippen LogP contribution is -2.38. The van der Waals surface area contributed by atoms with Crippen molar-refractivity contribution in [1.82, 2.24) is 19.7 Å². The highest BCUT2D eigenvalue weighted by Crippen LogP contribution is 2.26. The van der Waals surface area contributed by atoms with Gasteiger partial charge in [0, 0.05) is 35.3 Å². The molecule has 0 fully saturated rings. The monoisotopic (exact) mass is 334 g/mol. The van der Waals surface area contributed by atoms with E-state index in [1.54, 1.807) is 21.8 Å². The summed E-state index contributed by atoms with van der Waals surface area (Å²) in [6.45, 7) is 6.72. The fourth-order valence-electron chi connectivity index (χ4n) is 2.32. The zero-order valence-electron chi connectivity index (χ0n) is 12.8. The molecule has 0 amide bonds. The quantitative estimate of drug-likeness (QED) is 0.779. The maximum Gasteiger partial charge on any atom is 0.259 e. The van der Waals surface area contributed by atoms with Crippen LogP contribution in [0.2, 0.25) is 0 Å². The van der Waals surface area contributed by atoms with Gasteiger partial charge in [-0.3, -0.25) is 14.5 Å². The molecule has 3 heterocycles. The van der Waals surface area contributed by atoms with Crippen LogP contribution in [0.25, 0.3) is 4.96 Å². The Morgan fingerprint density at radius 1 is 1.41 bits per heavy atom. The van der Waals surface area contributed by atoms with Crippen molar-refractivity contribution < 1.29 is 0 Å². The van der Waals surface area contributed by atoms with Crippen molar-refractivity contribution in [2.75, 3.05) is 0 Å². The minimum Gasteiger partial charge on any atom is -0.300 e. The van der Waals surface area contributed by atoms with Gasteiger partial charge in [0.05, 0.1) is 11.2 Å². The minimum absolute atomic E-state index is 0.0204. The summed E-state index contributed by atoms with van der Waals surface area (Å²) in [6.07, 6.45) is 2.74. The van der Waals surface area contributed by atoms with E-state index in [0.29, 0.717) is 6.54 Å². The molecule has 1 atom stereocenters. The number of fused-ring (bicyclic) bond motifs is 1. The molecule has 1 N–H and O–H groups in total. The predicted molar refractivity (Wildman–Crippen MR) is 90.7 cm³/mol. The van der Waals surface area contributed by atoms with Gasteiger partial charge < -0.3 is 0 Å². The van der Waals surface area contributed by atoms with Crippen molar-refractivity contribution in [3.05, 3.63) is 49.8 Å². The Morgan fingerprint density at radius 2 is 2.23 bits per heavy atom. The number of nitrogens with one attached hydrogen (secondary N) is 1. The third-order valence-electron chi connectivity index (χ3n) is 3.90. The number of aromatic nitrogens is 3. The minimum atomic E-state index is -0.202. The Morgan fingerprint density at radius 3 is 2.91 bits per heavy atom. The van der Waals surface area contributed by atoms with Crippen molar-refractivity contribution in [3.63, 3.8) is 0 Å². The van der Waals surface area contributed by atoms with Gasteiger partial charge in [0.15, 0.2) is 4.96 Å². The molecule has 0 bridgehead atoms. The highest BCUT2D eigenvalue weighted by atomic mass is 32.1. The topological polar surface area (TPSA) is 59.3 Å². The van der Waals surface area contributed by atoms with E-state index in [1.807, 2.05) is 23.9 Å². The largest absolute Gasteiger partial charge is 0.300 e. The van der Waals surface area contributed by atoms with Gasteiger partial charge in [-0.25, -0.2) is 9.97 Å². The standard InChI is InChI=1S/C15H18N4OS2/c1-4-15(3,13-16-5-6-21-13)17-8-11-7-12(20)19-10(2)9-22-14(19)18-11/h5-7,9,17H,4,8H2,1-3H3. The van der Waals surface area contributed by atoms with Gasteiger partial charge in [0.2, 0.25) is 0 Å². The van der Waals surface area contributed by atoms with Crippen LogP contribution in [0.1, 0.15) is 36.7 Å². The average Bonchev–Trinajstić information content (AvgIpc) is 3.15. The van der Waals surface area contributed by atoms with Crippen LogP contribution in [0.3, 0.4) is 0 Å². The molecule has 22 heavy (non-hydrogen) atoms. The summed E-state index contributed by atoms with van der Waals surface area (Å²) in [5, 5.41) is 8.49. The molecule has 7 heteroatoms. The third kappa shape index (κ3) is 2.71. The second-order valence-electron chi connectivity index (χ2n) is 5.46. The van der Waals surface area contributed by atoms with E-state index < -0.39 is 0 Å². The number of rotatable bonds is 5. The second-order valence-corrected chi connectivity index (χ2v) is 7.19. The summed E-state index contributed by atoms with van der Waals surface area (Å²) in [5.41, 5.74) is 1.47. The Bertz CT molecular complexity index is 837. The van der Waals surface area contributed by atoms with Crippen LogP contribution in [-0.4, -0.2) is 14.4 Å². The summed E-state index contributed by atoms with van der Waals surface area (Å²) in [5.74, 6) is 0. The number of hydrogen-bond acceptors (Lipinski definition) is 6. The van der Waals surface area contributed by atoms with Gasteiger partial charge in [-0.15, -0.1) is 22.7 Å². The van der Waals surface area contributed by atoms with E-state index in [0.717, 1.165) is 27.8 Å². The Balaban J connectivity index is 1.86. The molecule has 0 aliphatic rings. The SMILES string of the molecule is CCC(C)(NCc1cc(=O)n2c(C)csc2n1)c1nccs1. The molecular formula is C15H18N4OS2. The van der Waals surface area contributed by atoms with E-state index in [1.165, 1.54) is 11.3 Å². The van der Waals surface area contributed by atoms with Gasteiger partial charge in [0.25, 0.3) is 5.56 Å². The molecular weight excluding hydrogens is 316 g/mol. The molecule has 0 aliphatic heterocycles. The smallest absolute Gasteiger partial charge is 0.259 e. The highest BCUT2D eigenvalue weighted by Gasteiger charge is 2.26. The van der Waals surface area contributed by atoms with E-state index in [9.17, 15) is 4.79 Å². The van der Waals surface area contributed by atoms with Crippen LogP contribution in [0.15, 0.2) is 27.8 Å². The molecule has 3 aromatic heterocycles.